The molecular formula is C15H20N2O3. The Morgan fingerprint density at radius 2 is 1.80 bits per heavy atom. The van der Waals surface area contributed by atoms with Crippen LogP contribution in [0.3, 0.4) is 0 Å². The summed E-state index contributed by atoms with van der Waals surface area (Å²) in [5.74, 6) is -0.356. The van der Waals surface area contributed by atoms with Gasteiger partial charge in [0, 0.05) is 24.7 Å². The molecule has 0 aliphatic heterocycles. The first-order valence-corrected chi connectivity index (χ1v) is 6.87. The first kappa shape index (κ1) is 14.5. The number of aliphatic hydroxyl groups is 1. The van der Waals surface area contributed by atoms with Gasteiger partial charge in [-0.1, -0.05) is 12.8 Å². The first-order chi connectivity index (χ1) is 9.48. The van der Waals surface area contributed by atoms with Gasteiger partial charge in [-0.3, -0.25) is 9.59 Å². The zero-order valence-corrected chi connectivity index (χ0v) is 11.6. The zero-order valence-electron chi connectivity index (χ0n) is 11.6. The molecule has 0 unspecified atom stereocenters. The van der Waals surface area contributed by atoms with E-state index >= 15 is 0 Å². The highest BCUT2D eigenvalue weighted by Crippen LogP contribution is 2.28. The van der Waals surface area contributed by atoms with Gasteiger partial charge in [-0.05, 0) is 37.1 Å². The lowest BCUT2D eigenvalue weighted by atomic mass is 10.0. The van der Waals surface area contributed by atoms with Crippen LogP contribution in [0.5, 0.6) is 0 Å². The van der Waals surface area contributed by atoms with E-state index in [9.17, 15) is 14.7 Å². The molecule has 1 saturated carbocycles. The van der Waals surface area contributed by atoms with Crippen LogP contribution in [0.15, 0.2) is 24.3 Å². The van der Waals surface area contributed by atoms with Crippen LogP contribution < -0.4 is 10.6 Å². The number of nitrogens with one attached hydrogen (secondary N) is 2. The molecular weight excluding hydrogens is 256 g/mol. The summed E-state index contributed by atoms with van der Waals surface area (Å²) >= 11 is 0. The van der Waals surface area contributed by atoms with E-state index in [0.29, 0.717) is 17.8 Å². The minimum absolute atomic E-state index is 0.148. The molecule has 0 atom stereocenters. The van der Waals surface area contributed by atoms with Crippen LogP contribution in [-0.2, 0) is 4.79 Å². The lowest BCUT2D eigenvalue weighted by Gasteiger charge is -2.22. The quantitative estimate of drug-likeness (QED) is 0.783. The minimum atomic E-state index is -0.744. The lowest BCUT2D eigenvalue weighted by Crippen LogP contribution is -2.40. The van der Waals surface area contributed by atoms with Crippen LogP contribution in [-0.4, -0.2) is 29.1 Å². The van der Waals surface area contributed by atoms with Crippen LogP contribution in [0.4, 0.5) is 5.69 Å². The highest BCUT2D eigenvalue weighted by molar-refractivity contribution is 5.95. The van der Waals surface area contributed by atoms with E-state index in [-0.39, 0.29) is 11.8 Å². The van der Waals surface area contributed by atoms with Gasteiger partial charge < -0.3 is 15.7 Å². The van der Waals surface area contributed by atoms with E-state index in [4.69, 9.17) is 0 Å². The molecule has 0 bridgehead atoms. The second-order valence-corrected chi connectivity index (χ2v) is 5.37. The Morgan fingerprint density at radius 1 is 1.20 bits per heavy atom. The van der Waals surface area contributed by atoms with E-state index in [1.807, 2.05) is 0 Å². The molecule has 1 fully saturated rings. The molecule has 1 aromatic rings. The fourth-order valence-corrected chi connectivity index (χ4v) is 2.46. The number of carbonyl (C=O) groups excluding carboxylic acids is 2. The fourth-order valence-electron chi connectivity index (χ4n) is 2.46. The summed E-state index contributed by atoms with van der Waals surface area (Å²) in [5.41, 5.74) is 0.426. The molecule has 0 spiro atoms. The predicted molar refractivity (Wildman–Crippen MR) is 76.5 cm³/mol. The zero-order chi connectivity index (χ0) is 14.6. The Labute approximate surface area is 118 Å². The van der Waals surface area contributed by atoms with E-state index in [0.717, 1.165) is 25.7 Å². The molecule has 5 nitrogen and oxygen atoms in total. The van der Waals surface area contributed by atoms with Gasteiger partial charge >= 0.3 is 0 Å². The Balaban J connectivity index is 1.90. The van der Waals surface area contributed by atoms with Gasteiger partial charge in [-0.25, -0.2) is 0 Å². The van der Waals surface area contributed by atoms with Crippen molar-refractivity contribution in [2.24, 2.45) is 0 Å². The largest absolute Gasteiger partial charge is 0.388 e. The summed E-state index contributed by atoms with van der Waals surface area (Å²) < 4.78 is 0. The number of rotatable bonds is 4. The monoisotopic (exact) mass is 276 g/mol. The standard InChI is InChI=1S/C15H20N2O3/c1-11(18)17-13-6-4-12(5-7-13)14(19)16-10-15(20)8-2-3-9-15/h4-7,20H,2-3,8-10H2,1H3,(H,16,19)(H,17,18). The van der Waals surface area contributed by atoms with Crippen LogP contribution in [0, 0.1) is 0 Å². The Hall–Kier alpha value is -1.88. The van der Waals surface area contributed by atoms with Crippen molar-refractivity contribution in [3.63, 3.8) is 0 Å². The summed E-state index contributed by atoms with van der Waals surface area (Å²) in [4.78, 5) is 22.9. The van der Waals surface area contributed by atoms with E-state index in [1.165, 1.54) is 6.92 Å². The topological polar surface area (TPSA) is 78.4 Å². The Morgan fingerprint density at radius 3 is 2.35 bits per heavy atom. The van der Waals surface area contributed by atoms with Crippen LogP contribution >= 0.6 is 0 Å². The minimum Gasteiger partial charge on any atom is -0.388 e. The number of anilines is 1. The summed E-state index contributed by atoms with van der Waals surface area (Å²) in [6, 6.07) is 6.67. The maximum Gasteiger partial charge on any atom is 0.251 e. The van der Waals surface area contributed by atoms with E-state index in [2.05, 4.69) is 10.6 Å². The van der Waals surface area contributed by atoms with Gasteiger partial charge in [0.1, 0.15) is 0 Å². The fraction of sp³-hybridized carbons (Fsp3) is 0.467. The third-order valence-corrected chi connectivity index (χ3v) is 3.58. The van der Waals surface area contributed by atoms with Crippen molar-refractivity contribution in [3.8, 4) is 0 Å². The number of hydrogen-bond acceptors (Lipinski definition) is 3. The van der Waals surface area contributed by atoms with Crippen molar-refractivity contribution in [1.29, 1.82) is 0 Å². The highest BCUT2D eigenvalue weighted by Gasteiger charge is 2.31. The molecule has 0 saturated heterocycles. The van der Waals surface area contributed by atoms with Crippen molar-refractivity contribution in [2.75, 3.05) is 11.9 Å². The number of benzene rings is 1. The Bertz CT molecular complexity index is 490. The average molecular weight is 276 g/mol. The first-order valence-electron chi connectivity index (χ1n) is 6.87. The van der Waals surface area contributed by atoms with E-state index in [1.54, 1.807) is 24.3 Å². The molecule has 0 radical (unpaired) electrons. The number of carbonyl (C=O) groups is 2. The van der Waals surface area contributed by atoms with Crippen molar-refractivity contribution < 1.29 is 14.7 Å². The summed E-state index contributed by atoms with van der Waals surface area (Å²) in [6.45, 7) is 1.72. The van der Waals surface area contributed by atoms with Gasteiger partial charge in [-0.15, -0.1) is 0 Å². The number of amides is 2. The smallest absolute Gasteiger partial charge is 0.251 e. The second-order valence-electron chi connectivity index (χ2n) is 5.37. The van der Waals surface area contributed by atoms with Gasteiger partial charge in [0.2, 0.25) is 5.91 Å². The van der Waals surface area contributed by atoms with Crippen LogP contribution in [0.1, 0.15) is 43.0 Å². The molecule has 2 rings (SSSR count). The van der Waals surface area contributed by atoms with Crippen molar-refractivity contribution in [1.82, 2.24) is 5.32 Å². The summed E-state index contributed by atoms with van der Waals surface area (Å²) in [7, 11) is 0. The van der Waals surface area contributed by atoms with Gasteiger partial charge in [0.15, 0.2) is 0 Å². The molecule has 1 aliphatic rings. The van der Waals surface area contributed by atoms with Crippen LogP contribution in [0.25, 0.3) is 0 Å². The van der Waals surface area contributed by atoms with Crippen molar-refractivity contribution in [2.45, 2.75) is 38.2 Å². The predicted octanol–water partition coefficient (Wildman–Crippen LogP) is 1.68. The average Bonchev–Trinajstić information content (AvgIpc) is 2.84. The van der Waals surface area contributed by atoms with Crippen molar-refractivity contribution in [3.05, 3.63) is 29.8 Å². The molecule has 108 valence electrons. The summed E-state index contributed by atoms with van der Waals surface area (Å²) in [6.07, 6.45) is 3.51. The molecule has 1 aliphatic carbocycles. The third kappa shape index (κ3) is 3.81. The molecule has 3 N–H and O–H groups in total. The summed E-state index contributed by atoms with van der Waals surface area (Å²) in [5, 5.41) is 15.6. The molecule has 5 heteroatoms. The number of hydrogen-bond donors (Lipinski definition) is 3. The van der Waals surface area contributed by atoms with Crippen molar-refractivity contribution >= 4 is 17.5 Å². The molecule has 2 amide bonds. The second kappa shape index (κ2) is 6.05. The van der Waals surface area contributed by atoms with Gasteiger partial charge in [-0.2, -0.15) is 0 Å². The third-order valence-electron chi connectivity index (χ3n) is 3.58. The maximum absolute atomic E-state index is 12.0. The highest BCUT2D eigenvalue weighted by atomic mass is 16.3. The SMILES string of the molecule is CC(=O)Nc1ccc(C(=O)NCC2(O)CCCC2)cc1. The van der Waals surface area contributed by atoms with E-state index < -0.39 is 5.60 Å². The molecule has 1 aromatic carbocycles. The maximum atomic E-state index is 12.0. The molecule has 0 aromatic heterocycles. The Kier molecular flexibility index (Phi) is 4.39. The molecule has 0 heterocycles. The van der Waals surface area contributed by atoms with Crippen LogP contribution in [0.2, 0.25) is 0 Å². The molecule has 20 heavy (non-hydrogen) atoms. The normalized spacial score (nSPS) is 16.7. The van der Waals surface area contributed by atoms with Gasteiger partial charge in [0.05, 0.1) is 5.60 Å². The lowest BCUT2D eigenvalue weighted by molar-refractivity contribution is -0.114. The van der Waals surface area contributed by atoms with Gasteiger partial charge in [0.25, 0.3) is 5.91 Å².